The van der Waals surface area contributed by atoms with Gasteiger partial charge in [0.15, 0.2) is 0 Å². The summed E-state index contributed by atoms with van der Waals surface area (Å²) < 4.78 is 5.94. The van der Waals surface area contributed by atoms with Gasteiger partial charge in [0.1, 0.15) is 5.75 Å². The maximum absolute atomic E-state index is 11.3. The second kappa shape index (κ2) is 7.45. The first kappa shape index (κ1) is 17.8. The van der Waals surface area contributed by atoms with Crippen LogP contribution in [0.4, 0.5) is 0 Å². The summed E-state index contributed by atoms with van der Waals surface area (Å²) in [5.74, 6) is 1.87. The van der Waals surface area contributed by atoms with Gasteiger partial charge in [-0.1, -0.05) is 39.2 Å². The van der Waals surface area contributed by atoms with E-state index in [0.29, 0.717) is 5.92 Å². The van der Waals surface area contributed by atoms with Gasteiger partial charge in [-0.3, -0.25) is 0 Å². The average molecular weight is 332 g/mol. The summed E-state index contributed by atoms with van der Waals surface area (Å²) in [6, 6.07) is 6.51. The van der Waals surface area contributed by atoms with Crippen LogP contribution in [0, 0.1) is 5.92 Å². The van der Waals surface area contributed by atoms with Gasteiger partial charge in [0, 0.05) is 19.0 Å². The fraction of sp³-hybridized carbons (Fsp3) is 0.714. The summed E-state index contributed by atoms with van der Waals surface area (Å²) in [4.78, 5) is 2.34. The standard InChI is InChI=1S/C21H33NO2/c1-16(2)9-12-24-18-7-8-19-17(13-18)14-22(3)15-20(19)21(23)10-5-4-6-11-21/h7-8,13,16,20,23H,4-6,9-12,14-15H2,1-3H3. The molecular formula is C21H33NO2. The van der Waals surface area contributed by atoms with Gasteiger partial charge in [-0.25, -0.2) is 0 Å². The first-order valence-electron chi connectivity index (χ1n) is 9.64. The normalized spacial score (nSPS) is 24.0. The Hall–Kier alpha value is -1.06. The van der Waals surface area contributed by atoms with Crippen molar-refractivity contribution in [3.05, 3.63) is 29.3 Å². The molecule has 1 atom stereocenters. The van der Waals surface area contributed by atoms with Crippen LogP contribution in [0.5, 0.6) is 5.75 Å². The Morgan fingerprint density at radius 2 is 2.00 bits per heavy atom. The van der Waals surface area contributed by atoms with Gasteiger partial charge >= 0.3 is 0 Å². The maximum Gasteiger partial charge on any atom is 0.119 e. The minimum atomic E-state index is -0.526. The third-order valence-corrected chi connectivity index (χ3v) is 5.76. The summed E-state index contributed by atoms with van der Waals surface area (Å²) in [6.07, 6.45) is 6.54. The fourth-order valence-electron chi connectivity index (χ4n) is 4.30. The van der Waals surface area contributed by atoms with Gasteiger partial charge in [0.25, 0.3) is 0 Å². The second-order valence-corrected chi connectivity index (χ2v) is 8.31. The molecule has 0 radical (unpaired) electrons. The Kier molecular flexibility index (Phi) is 5.51. The highest BCUT2D eigenvalue weighted by molar-refractivity contribution is 5.41. The van der Waals surface area contributed by atoms with Gasteiger partial charge in [0.05, 0.1) is 12.2 Å². The van der Waals surface area contributed by atoms with Crippen molar-refractivity contribution < 1.29 is 9.84 Å². The van der Waals surface area contributed by atoms with E-state index < -0.39 is 5.60 Å². The quantitative estimate of drug-likeness (QED) is 0.871. The first-order valence-corrected chi connectivity index (χ1v) is 9.64. The van der Waals surface area contributed by atoms with Crippen molar-refractivity contribution in [3.8, 4) is 5.75 Å². The van der Waals surface area contributed by atoms with Crippen LogP contribution in [-0.4, -0.2) is 35.8 Å². The van der Waals surface area contributed by atoms with Crippen LogP contribution in [0.15, 0.2) is 18.2 Å². The molecule has 0 amide bonds. The molecule has 3 rings (SSSR count). The molecule has 0 saturated heterocycles. The van der Waals surface area contributed by atoms with E-state index in [2.05, 4.69) is 44.0 Å². The van der Waals surface area contributed by atoms with E-state index in [-0.39, 0.29) is 5.92 Å². The van der Waals surface area contributed by atoms with E-state index in [9.17, 15) is 5.11 Å². The maximum atomic E-state index is 11.3. The Labute approximate surface area is 147 Å². The number of rotatable bonds is 5. The van der Waals surface area contributed by atoms with Crippen molar-refractivity contribution >= 4 is 0 Å². The second-order valence-electron chi connectivity index (χ2n) is 8.31. The summed E-state index contributed by atoms with van der Waals surface area (Å²) in [6.45, 7) is 7.13. The van der Waals surface area contributed by atoms with Crippen LogP contribution < -0.4 is 4.74 Å². The third kappa shape index (κ3) is 3.94. The number of fused-ring (bicyclic) bond motifs is 1. The monoisotopic (exact) mass is 331 g/mol. The predicted molar refractivity (Wildman–Crippen MR) is 98.5 cm³/mol. The van der Waals surface area contributed by atoms with E-state index in [1.807, 2.05) is 0 Å². The van der Waals surface area contributed by atoms with Crippen molar-refractivity contribution in [1.82, 2.24) is 4.90 Å². The average Bonchev–Trinajstić information content (AvgIpc) is 2.54. The van der Waals surface area contributed by atoms with Crippen molar-refractivity contribution in [2.75, 3.05) is 20.2 Å². The molecule has 1 N–H and O–H groups in total. The molecular weight excluding hydrogens is 298 g/mol. The van der Waals surface area contributed by atoms with Crippen molar-refractivity contribution in [2.45, 2.75) is 70.4 Å². The number of benzene rings is 1. The molecule has 0 bridgehead atoms. The van der Waals surface area contributed by atoms with E-state index >= 15 is 0 Å². The SMILES string of the molecule is CC(C)CCOc1ccc2c(c1)CN(C)CC2C1(O)CCCCC1. The highest BCUT2D eigenvalue weighted by atomic mass is 16.5. The lowest BCUT2D eigenvalue weighted by atomic mass is 9.70. The molecule has 0 spiro atoms. The molecule has 1 heterocycles. The molecule has 1 fully saturated rings. The summed E-state index contributed by atoms with van der Waals surface area (Å²) in [5, 5.41) is 11.3. The van der Waals surface area contributed by atoms with E-state index in [1.54, 1.807) is 0 Å². The van der Waals surface area contributed by atoms with Crippen molar-refractivity contribution in [1.29, 1.82) is 0 Å². The van der Waals surface area contributed by atoms with Crippen LogP contribution >= 0.6 is 0 Å². The number of aliphatic hydroxyl groups is 1. The highest BCUT2D eigenvalue weighted by Crippen LogP contribution is 2.44. The number of likely N-dealkylation sites (N-methyl/N-ethyl adjacent to an activating group) is 1. The zero-order valence-corrected chi connectivity index (χ0v) is 15.6. The molecule has 1 unspecified atom stereocenters. The van der Waals surface area contributed by atoms with Gasteiger partial charge in [-0.05, 0) is 55.5 Å². The molecule has 1 aliphatic heterocycles. The van der Waals surface area contributed by atoms with Gasteiger partial charge in [-0.15, -0.1) is 0 Å². The lowest BCUT2D eigenvalue weighted by Gasteiger charge is -2.44. The topological polar surface area (TPSA) is 32.7 Å². The number of hydrogen-bond donors (Lipinski definition) is 1. The Morgan fingerprint density at radius 1 is 1.25 bits per heavy atom. The van der Waals surface area contributed by atoms with E-state index in [4.69, 9.17) is 4.74 Å². The fourth-order valence-corrected chi connectivity index (χ4v) is 4.30. The minimum absolute atomic E-state index is 0.233. The van der Waals surface area contributed by atoms with Gasteiger partial charge < -0.3 is 14.7 Å². The molecule has 24 heavy (non-hydrogen) atoms. The summed E-state index contributed by atoms with van der Waals surface area (Å²) in [5.41, 5.74) is 2.14. The number of nitrogens with zero attached hydrogens (tertiary/aromatic N) is 1. The van der Waals surface area contributed by atoms with Gasteiger partial charge in [0.2, 0.25) is 0 Å². The molecule has 1 aliphatic carbocycles. The zero-order chi connectivity index (χ0) is 17.2. The lowest BCUT2D eigenvalue weighted by Crippen LogP contribution is -2.46. The third-order valence-electron chi connectivity index (χ3n) is 5.76. The highest BCUT2D eigenvalue weighted by Gasteiger charge is 2.41. The largest absolute Gasteiger partial charge is 0.494 e. The summed E-state index contributed by atoms with van der Waals surface area (Å²) in [7, 11) is 2.16. The Morgan fingerprint density at radius 3 is 2.71 bits per heavy atom. The van der Waals surface area contributed by atoms with Crippen LogP contribution in [-0.2, 0) is 6.54 Å². The zero-order valence-electron chi connectivity index (χ0n) is 15.6. The molecule has 2 aliphatic rings. The minimum Gasteiger partial charge on any atom is -0.494 e. The number of hydrogen-bond acceptors (Lipinski definition) is 3. The van der Waals surface area contributed by atoms with Crippen LogP contribution in [0.2, 0.25) is 0 Å². The molecule has 1 saturated carbocycles. The predicted octanol–water partition coefficient (Wildman–Crippen LogP) is 4.34. The van der Waals surface area contributed by atoms with Crippen LogP contribution in [0.25, 0.3) is 0 Å². The summed E-state index contributed by atoms with van der Waals surface area (Å²) >= 11 is 0. The molecule has 0 aromatic heterocycles. The molecule has 134 valence electrons. The van der Waals surface area contributed by atoms with Gasteiger partial charge in [-0.2, -0.15) is 0 Å². The van der Waals surface area contributed by atoms with Crippen molar-refractivity contribution in [2.24, 2.45) is 5.92 Å². The first-order chi connectivity index (χ1) is 11.5. The van der Waals surface area contributed by atoms with Crippen molar-refractivity contribution in [3.63, 3.8) is 0 Å². The smallest absolute Gasteiger partial charge is 0.119 e. The Bertz CT molecular complexity index is 549. The van der Waals surface area contributed by atoms with E-state index in [1.165, 1.54) is 17.5 Å². The Balaban J connectivity index is 1.79. The van der Waals surface area contributed by atoms with Crippen LogP contribution in [0.3, 0.4) is 0 Å². The lowest BCUT2D eigenvalue weighted by molar-refractivity contribution is -0.0333. The number of ether oxygens (including phenoxy) is 1. The molecule has 3 nitrogen and oxygen atoms in total. The van der Waals surface area contributed by atoms with E-state index in [0.717, 1.165) is 57.6 Å². The van der Waals surface area contributed by atoms with Crippen LogP contribution in [0.1, 0.15) is 69.4 Å². The molecule has 1 aromatic rings. The molecule has 3 heteroatoms. The molecule has 1 aromatic carbocycles.